The van der Waals surface area contributed by atoms with Gasteiger partial charge in [-0.25, -0.2) is 14.3 Å². The minimum absolute atomic E-state index is 0.270. The molecular weight excluding hydrogens is 360 g/mol. The van der Waals surface area contributed by atoms with Crippen LogP contribution in [-0.4, -0.2) is 34.4 Å². The van der Waals surface area contributed by atoms with Crippen molar-refractivity contribution >= 4 is 18.0 Å². The van der Waals surface area contributed by atoms with Crippen molar-refractivity contribution in [2.24, 2.45) is 0 Å². The first-order valence-corrected chi connectivity index (χ1v) is 8.87. The number of aromatic nitrogens is 2. The van der Waals surface area contributed by atoms with Crippen LogP contribution in [0, 0.1) is 6.92 Å². The third-order valence-corrected chi connectivity index (χ3v) is 4.28. The van der Waals surface area contributed by atoms with Gasteiger partial charge < -0.3 is 13.9 Å². The Bertz CT molecular complexity index is 1030. The number of benzene rings is 1. The molecule has 0 radical (unpaired) electrons. The Balaban J connectivity index is 1.62. The summed E-state index contributed by atoms with van der Waals surface area (Å²) >= 11 is 0. The van der Waals surface area contributed by atoms with E-state index < -0.39 is 18.0 Å². The number of carbonyl (C=O) groups excluding carboxylic acids is 2. The lowest BCUT2D eigenvalue weighted by Crippen LogP contribution is -2.21. The van der Waals surface area contributed by atoms with Crippen molar-refractivity contribution in [3.05, 3.63) is 66.1 Å². The van der Waals surface area contributed by atoms with Crippen molar-refractivity contribution in [1.29, 1.82) is 0 Å². The van der Waals surface area contributed by atoms with E-state index in [4.69, 9.17) is 13.9 Å². The topological polar surface area (TPSA) is 83.6 Å². The molecule has 4 rings (SSSR count). The zero-order chi connectivity index (χ0) is 19.5. The highest BCUT2D eigenvalue weighted by molar-refractivity contribution is 5.90. The summed E-state index contributed by atoms with van der Waals surface area (Å²) in [7, 11) is 0. The third-order valence-electron chi connectivity index (χ3n) is 4.28. The molecule has 1 aliphatic rings. The third kappa shape index (κ3) is 3.73. The molecule has 7 nitrogen and oxygen atoms in total. The van der Waals surface area contributed by atoms with E-state index in [0.717, 1.165) is 11.4 Å². The first-order chi connectivity index (χ1) is 13.6. The molecular formula is C21H18N2O5. The van der Waals surface area contributed by atoms with E-state index in [-0.39, 0.29) is 6.61 Å². The number of aryl methyl sites for hydroxylation is 1. The molecule has 0 spiro atoms. The molecule has 3 aromatic rings. The minimum atomic E-state index is -0.837. The smallest absolute Gasteiger partial charge is 0.347 e. The number of ether oxygens (including phenoxy) is 2. The quantitative estimate of drug-likeness (QED) is 0.500. The lowest BCUT2D eigenvalue weighted by atomic mass is 10.2. The molecule has 0 aliphatic carbocycles. The summed E-state index contributed by atoms with van der Waals surface area (Å²) in [4.78, 5) is 23.5. The van der Waals surface area contributed by atoms with Gasteiger partial charge in [-0.05, 0) is 37.3 Å². The number of cyclic esters (lactones) is 1. The Kier molecular flexibility index (Phi) is 4.80. The number of hydrogen-bond acceptors (Lipinski definition) is 6. The molecule has 1 fully saturated rings. The molecule has 1 unspecified atom stereocenters. The summed E-state index contributed by atoms with van der Waals surface area (Å²) in [5.74, 6) is 0.237. The maximum Gasteiger partial charge on any atom is 0.347 e. The van der Waals surface area contributed by atoms with E-state index in [0.29, 0.717) is 23.4 Å². The summed E-state index contributed by atoms with van der Waals surface area (Å²) in [5.41, 5.74) is 2.16. The van der Waals surface area contributed by atoms with Gasteiger partial charge in [0.1, 0.15) is 11.5 Å². The van der Waals surface area contributed by atoms with Gasteiger partial charge in [0, 0.05) is 24.3 Å². The zero-order valence-corrected chi connectivity index (χ0v) is 15.2. The Morgan fingerprint density at radius 1 is 1.25 bits per heavy atom. The molecule has 1 aliphatic heterocycles. The lowest BCUT2D eigenvalue weighted by Gasteiger charge is -2.04. The fourth-order valence-corrected chi connectivity index (χ4v) is 2.90. The highest BCUT2D eigenvalue weighted by Gasteiger charge is 2.29. The average molecular weight is 378 g/mol. The van der Waals surface area contributed by atoms with Gasteiger partial charge in [-0.1, -0.05) is 18.2 Å². The van der Waals surface area contributed by atoms with Gasteiger partial charge in [0.05, 0.1) is 12.3 Å². The largest absolute Gasteiger partial charge is 0.463 e. The molecule has 1 saturated heterocycles. The second kappa shape index (κ2) is 7.56. The van der Waals surface area contributed by atoms with E-state index in [9.17, 15) is 9.59 Å². The standard InChI is InChI=1S/C21H18N2O5/c1-14-7-9-17(27-14)20-15(13-23(22-20)16-5-3-2-4-6-16)8-10-19(24)28-18-11-12-26-21(18)25/h2-10,13,18H,11-12H2,1H3. The van der Waals surface area contributed by atoms with Crippen LogP contribution >= 0.6 is 0 Å². The Morgan fingerprint density at radius 2 is 2.07 bits per heavy atom. The summed E-state index contributed by atoms with van der Waals surface area (Å²) in [6, 6.07) is 13.3. The monoisotopic (exact) mass is 378 g/mol. The predicted molar refractivity (Wildman–Crippen MR) is 100 cm³/mol. The van der Waals surface area contributed by atoms with Crippen molar-refractivity contribution < 1.29 is 23.5 Å². The van der Waals surface area contributed by atoms with Crippen LogP contribution in [0.2, 0.25) is 0 Å². The summed E-state index contributed by atoms with van der Waals surface area (Å²) in [6.45, 7) is 2.12. The number of rotatable bonds is 5. The number of carbonyl (C=O) groups is 2. The van der Waals surface area contributed by atoms with Crippen LogP contribution in [0.3, 0.4) is 0 Å². The van der Waals surface area contributed by atoms with E-state index in [1.54, 1.807) is 17.0 Å². The first-order valence-electron chi connectivity index (χ1n) is 8.87. The molecule has 0 N–H and O–H groups in total. The number of furan rings is 1. The van der Waals surface area contributed by atoms with Crippen LogP contribution in [0.4, 0.5) is 0 Å². The van der Waals surface area contributed by atoms with Crippen LogP contribution in [0.15, 0.2) is 59.2 Å². The Labute approximate surface area is 161 Å². The minimum Gasteiger partial charge on any atom is -0.463 e. The molecule has 0 amide bonds. The summed E-state index contributed by atoms with van der Waals surface area (Å²) in [5, 5.41) is 4.60. The summed E-state index contributed by atoms with van der Waals surface area (Å²) in [6.07, 6.45) is 4.22. The highest BCUT2D eigenvalue weighted by atomic mass is 16.6. The predicted octanol–water partition coefficient (Wildman–Crippen LogP) is 3.31. The Hall–Kier alpha value is -3.61. The fraction of sp³-hybridized carbons (Fsp3) is 0.190. The highest BCUT2D eigenvalue weighted by Crippen LogP contribution is 2.26. The molecule has 142 valence electrons. The second-order valence-electron chi connectivity index (χ2n) is 6.34. The van der Waals surface area contributed by atoms with Crippen molar-refractivity contribution in [2.75, 3.05) is 6.61 Å². The van der Waals surface area contributed by atoms with Crippen LogP contribution < -0.4 is 0 Å². The van der Waals surface area contributed by atoms with Gasteiger partial charge in [0.2, 0.25) is 6.10 Å². The maximum absolute atomic E-state index is 12.1. The SMILES string of the molecule is Cc1ccc(-c2nn(-c3ccccc3)cc2C=CC(=O)OC2CCOC2=O)o1. The van der Waals surface area contributed by atoms with E-state index in [1.807, 2.05) is 49.4 Å². The average Bonchev–Trinajstić information content (AvgIpc) is 3.41. The molecule has 0 bridgehead atoms. The number of hydrogen-bond donors (Lipinski definition) is 0. The molecule has 1 atom stereocenters. The van der Waals surface area contributed by atoms with Crippen molar-refractivity contribution in [3.8, 4) is 17.1 Å². The molecule has 28 heavy (non-hydrogen) atoms. The van der Waals surface area contributed by atoms with Gasteiger partial charge in [0.15, 0.2) is 5.76 Å². The van der Waals surface area contributed by atoms with Crippen LogP contribution in [0.25, 0.3) is 23.2 Å². The van der Waals surface area contributed by atoms with Crippen molar-refractivity contribution in [1.82, 2.24) is 9.78 Å². The molecule has 2 aromatic heterocycles. The van der Waals surface area contributed by atoms with E-state index >= 15 is 0 Å². The van der Waals surface area contributed by atoms with E-state index in [2.05, 4.69) is 5.10 Å². The van der Waals surface area contributed by atoms with Crippen LogP contribution in [0.1, 0.15) is 17.7 Å². The first kappa shape index (κ1) is 17.8. The van der Waals surface area contributed by atoms with Crippen LogP contribution in [0.5, 0.6) is 0 Å². The molecule has 7 heteroatoms. The molecule has 1 aromatic carbocycles. The van der Waals surface area contributed by atoms with Gasteiger partial charge in [-0.15, -0.1) is 0 Å². The van der Waals surface area contributed by atoms with Crippen LogP contribution in [-0.2, 0) is 19.1 Å². The fourth-order valence-electron chi connectivity index (χ4n) is 2.90. The van der Waals surface area contributed by atoms with Gasteiger partial charge in [-0.2, -0.15) is 5.10 Å². The molecule has 0 saturated carbocycles. The van der Waals surface area contributed by atoms with E-state index in [1.165, 1.54) is 6.08 Å². The molecule has 3 heterocycles. The van der Waals surface area contributed by atoms with Crippen molar-refractivity contribution in [2.45, 2.75) is 19.4 Å². The number of para-hydroxylation sites is 1. The Morgan fingerprint density at radius 3 is 2.75 bits per heavy atom. The lowest BCUT2D eigenvalue weighted by molar-refractivity contribution is -0.156. The maximum atomic E-state index is 12.1. The van der Waals surface area contributed by atoms with Gasteiger partial charge in [0.25, 0.3) is 0 Å². The van der Waals surface area contributed by atoms with Crippen molar-refractivity contribution in [3.63, 3.8) is 0 Å². The van der Waals surface area contributed by atoms with Gasteiger partial charge >= 0.3 is 11.9 Å². The van der Waals surface area contributed by atoms with Gasteiger partial charge in [-0.3, -0.25) is 0 Å². The zero-order valence-electron chi connectivity index (χ0n) is 15.2. The number of esters is 2. The number of nitrogens with zero attached hydrogens (tertiary/aromatic N) is 2. The summed E-state index contributed by atoms with van der Waals surface area (Å²) < 4.78 is 17.3. The normalized spacial score (nSPS) is 16.5. The second-order valence-corrected chi connectivity index (χ2v) is 6.34.